The molecule has 0 radical (unpaired) electrons. The van der Waals surface area contributed by atoms with Crippen LogP contribution in [0.25, 0.3) is 0 Å². The number of methoxy groups -OCH3 is 1. The quantitative estimate of drug-likeness (QED) is 0.863. The molecule has 0 aromatic heterocycles. The Morgan fingerprint density at radius 2 is 2.41 bits per heavy atom. The van der Waals surface area contributed by atoms with Crippen molar-refractivity contribution in [3.8, 4) is 5.75 Å². The average molecular weight is 254 g/mol. The highest BCUT2D eigenvalue weighted by molar-refractivity contribution is 6.31. The fourth-order valence-electron chi connectivity index (χ4n) is 1.73. The summed E-state index contributed by atoms with van der Waals surface area (Å²) in [7, 11) is 1.64. The summed E-state index contributed by atoms with van der Waals surface area (Å²) < 4.78 is 5.28. The summed E-state index contributed by atoms with van der Waals surface area (Å²) in [4.78, 5) is 4.33. The molecule has 2 rings (SSSR count). The van der Waals surface area contributed by atoms with Gasteiger partial charge in [0, 0.05) is 23.2 Å². The molecule has 0 saturated heterocycles. The van der Waals surface area contributed by atoms with Gasteiger partial charge in [-0.2, -0.15) is 0 Å². The second kappa shape index (κ2) is 5.27. The van der Waals surface area contributed by atoms with Gasteiger partial charge in [0.05, 0.1) is 13.7 Å². The third-order valence-corrected chi connectivity index (χ3v) is 2.99. The first-order chi connectivity index (χ1) is 8.20. The van der Waals surface area contributed by atoms with E-state index in [-0.39, 0.29) is 0 Å². The number of rotatable bonds is 3. The third kappa shape index (κ3) is 2.82. The normalized spacial score (nSPS) is 18.5. The molecule has 0 fully saturated rings. The van der Waals surface area contributed by atoms with Gasteiger partial charge >= 0.3 is 0 Å². The van der Waals surface area contributed by atoms with Gasteiger partial charge in [-0.05, 0) is 19.1 Å². The van der Waals surface area contributed by atoms with Gasteiger partial charge in [-0.3, -0.25) is 4.99 Å². The lowest BCUT2D eigenvalue weighted by Crippen LogP contribution is -2.37. The summed E-state index contributed by atoms with van der Waals surface area (Å²) in [6.07, 6.45) is 0. The maximum absolute atomic E-state index is 6.14. The molecule has 1 aromatic rings. The van der Waals surface area contributed by atoms with Crippen LogP contribution in [0.5, 0.6) is 5.75 Å². The Balaban J connectivity index is 2.03. The van der Waals surface area contributed by atoms with Crippen molar-refractivity contribution in [2.24, 2.45) is 4.99 Å². The zero-order valence-corrected chi connectivity index (χ0v) is 10.7. The van der Waals surface area contributed by atoms with Gasteiger partial charge in [-0.1, -0.05) is 17.7 Å². The highest BCUT2D eigenvalue weighted by Gasteiger charge is 2.13. The summed E-state index contributed by atoms with van der Waals surface area (Å²) in [6, 6.07) is 6.02. The number of benzene rings is 1. The lowest BCUT2D eigenvalue weighted by molar-refractivity contribution is 0.409. The molecule has 0 bridgehead atoms. The maximum atomic E-state index is 6.14. The molecule has 92 valence electrons. The lowest BCUT2D eigenvalue weighted by atomic mass is 10.2. The predicted octanol–water partition coefficient (Wildman–Crippen LogP) is 1.79. The lowest BCUT2D eigenvalue weighted by Gasteiger charge is -2.12. The van der Waals surface area contributed by atoms with E-state index in [1.54, 1.807) is 7.11 Å². The minimum absolute atomic E-state index is 0.394. The number of aliphatic imine (C=N–C) groups is 1. The van der Waals surface area contributed by atoms with E-state index >= 15 is 0 Å². The number of guanidine groups is 1. The molecule has 17 heavy (non-hydrogen) atoms. The Morgan fingerprint density at radius 3 is 3.06 bits per heavy atom. The molecular weight excluding hydrogens is 238 g/mol. The molecule has 1 aliphatic rings. The molecule has 0 saturated carbocycles. The molecule has 1 unspecified atom stereocenters. The van der Waals surface area contributed by atoms with Crippen LogP contribution in [0.4, 0.5) is 0 Å². The number of nitrogens with one attached hydrogen (secondary N) is 2. The van der Waals surface area contributed by atoms with Crippen molar-refractivity contribution in [2.75, 3.05) is 13.7 Å². The van der Waals surface area contributed by atoms with Crippen LogP contribution >= 0.6 is 11.6 Å². The van der Waals surface area contributed by atoms with E-state index in [4.69, 9.17) is 16.3 Å². The first-order valence-electron chi connectivity index (χ1n) is 5.57. The van der Waals surface area contributed by atoms with Crippen LogP contribution in [0.2, 0.25) is 5.02 Å². The number of ether oxygens (including phenoxy) is 1. The van der Waals surface area contributed by atoms with Crippen LogP contribution < -0.4 is 15.4 Å². The Bertz CT molecular complexity index is 434. The largest absolute Gasteiger partial charge is 0.496 e. The number of halogens is 1. The molecule has 1 aromatic carbocycles. The highest BCUT2D eigenvalue weighted by atomic mass is 35.5. The Kier molecular flexibility index (Phi) is 3.74. The zero-order chi connectivity index (χ0) is 12.3. The van der Waals surface area contributed by atoms with E-state index < -0.39 is 0 Å². The fraction of sp³-hybridized carbons (Fsp3) is 0.417. The Hall–Kier alpha value is -1.42. The smallest absolute Gasteiger partial charge is 0.191 e. The van der Waals surface area contributed by atoms with Crippen LogP contribution in [-0.4, -0.2) is 25.7 Å². The fourth-order valence-corrected chi connectivity index (χ4v) is 1.97. The van der Waals surface area contributed by atoms with E-state index in [0.717, 1.165) is 23.8 Å². The minimum Gasteiger partial charge on any atom is -0.496 e. The number of nitrogens with zero attached hydrogens (tertiary/aromatic N) is 1. The summed E-state index contributed by atoms with van der Waals surface area (Å²) in [5.74, 6) is 1.61. The van der Waals surface area contributed by atoms with Crippen molar-refractivity contribution in [1.82, 2.24) is 10.6 Å². The average Bonchev–Trinajstić information content (AvgIpc) is 2.73. The van der Waals surface area contributed by atoms with Crippen molar-refractivity contribution in [1.29, 1.82) is 0 Å². The summed E-state index contributed by atoms with van der Waals surface area (Å²) in [6.45, 7) is 3.50. The van der Waals surface area contributed by atoms with Crippen molar-refractivity contribution >= 4 is 17.6 Å². The first-order valence-corrected chi connectivity index (χ1v) is 5.94. The van der Waals surface area contributed by atoms with Crippen LogP contribution in [0.15, 0.2) is 23.2 Å². The molecule has 4 nitrogen and oxygen atoms in total. The zero-order valence-electron chi connectivity index (χ0n) is 9.96. The van der Waals surface area contributed by atoms with Crippen LogP contribution in [0.3, 0.4) is 0 Å². The van der Waals surface area contributed by atoms with Crippen molar-refractivity contribution in [3.05, 3.63) is 28.8 Å². The van der Waals surface area contributed by atoms with Crippen LogP contribution in [-0.2, 0) is 6.54 Å². The molecule has 0 spiro atoms. The maximum Gasteiger partial charge on any atom is 0.191 e. The summed E-state index contributed by atoms with van der Waals surface area (Å²) >= 11 is 6.14. The van der Waals surface area contributed by atoms with Gasteiger partial charge in [0.25, 0.3) is 0 Å². The monoisotopic (exact) mass is 253 g/mol. The molecule has 2 N–H and O–H groups in total. The van der Waals surface area contributed by atoms with Gasteiger partial charge in [0.15, 0.2) is 5.96 Å². The van der Waals surface area contributed by atoms with E-state index in [0.29, 0.717) is 17.6 Å². The molecule has 5 heteroatoms. The Labute approximate surface area is 106 Å². The third-order valence-electron chi connectivity index (χ3n) is 2.63. The number of hydrogen-bond acceptors (Lipinski definition) is 4. The molecule has 1 heterocycles. The molecular formula is C12H16ClN3O. The Morgan fingerprint density at radius 1 is 1.59 bits per heavy atom. The predicted molar refractivity (Wildman–Crippen MR) is 69.7 cm³/mol. The van der Waals surface area contributed by atoms with E-state index in [2.05, 4.69) is 22.5 Å². The molecule has 1 atom stereocenters. The molecule has 0 amide bonds. The van der Waals surface area contributed by atoms with Crippen LogP contribution in [0.1, 0.15) is 12.5 Å². The second-order valence-electron chi connectivity index (χ2n) is 4.01. The first kappa shape index (κ1) is 12.0. The highest BCUT2D eigenvalue weighted by Crippen LogP contribution is 2.25. The second-order valence-corrected chi connectivity index (χ2v) is 4.42. The minimum atomic E-state index is 0.394. The standard InChI is InChI=1S/C12H16ClN3O/c1-8-6-14-12(16-8)15-7-9-10(13)4-3-5-11(9)17-2/h3-5,8H,6-7H2,1-2H3,(H2,14,15,16). The summed E-state index contributed by atoms with van der Waals surface area (Å²) in [5, 5.41) is 7.15. The van der Waals surface area contributed by atoms with Crippen LogP contribution in [0, 0.1) is 0 Å². The van der Waals surface area contributed by atoms with Gasteiger partial charge in [-0.25, -0.2) is 0 Å². The van der Waals surface area contributed by atoms with Gasteiger partial charge in [-0.15, -0.1) is 0 Å². The molecule has 1 aliphatic heterocycles. The SMILES string of the molecule is COc1cccc(Cl)c1CNC1=NCC(C)N1. The van der Waals surface area contributed by atoms with Crippen molar-refractivity contribution < 1.29 is 4.74 Å². The van der Waals surface area contributed by atoms with Crippen molar-refractivity contribution in [3.63, 3.8) is 0 Å². The van der Waals surface area contributed by atoms with Gasteiger partial charge < -0.3 is 15.4 Å². The molecule has 0 aliphatic carbocycles. The van der Waals surface area contributed by atoms with Crippen molar-refractivity contribution in [2.45, 2.75) is 19.5 Å². The van der Waals surface area contributed by atoms with E-state index in [1.807, 2.05) is 18.2 Å². The number of hydrogen-bond donors (Lipinski definition) is 2. The van der Waals surface area contributed by atoms with E-state index in [9.17, 15) is 0 Å². The van der Waals surface area contributed by atoms with E-state index in [1.165, 1.54) is 0 Å². The van der Waals surface area contributed by atoms with Gasteiger partial charge in [0.2, 0.25) is 0 Å². The van der Waals surface area contributed by atoms with Gasteiger partial charge in [0.1, 0.15) is 5.75 Å². The summed E-state index contributed by atoms with van der Waals surface area (Å²) in [5.41, 5.74) is 0.945. The topological polar surface area (TPSA) is 45.6 Å².